The van der Waals surface area contributed by atoms with Crippen molar-refractivity contribution >= 4 is 5.91 Å². The predicted octanol–water partition coefficient (Wildman–Crippen LogP) is 4.57. The van der Waals surface area contributed by atoms with Gasteiger partial charge in [0.05, 0.1) is 18.7 Å². The summed E-state index contributed by atoms with van der Waals surface area (Å²) in [6, 6.07) is 7.32. The zero-order valence-corrected chi connectivity index (χ0v) is 16.0. The zero-order valence-electron chi connectivity index (χ0n) is 16.0. The molecule has 0 spiro atoms. The molecule has 9 heteroatoms. The molecule has 1 amide bonds. The molecule has 6 nitrogen and oxygen atoms in total. The van der Waals surface area contributed by atoms with Gasteiger partial charge in [-0.25, -0.2) is 9.97 Å². The third-order valence-corrected chi connectivity index (χ3v) is 4.90. The Morgan fingerprint density at radius 3 is 2.87 bits per heavy atom. The van der Waals surface area contributed by atoms with E-state index in [2.05, 4.69) is 15.3 Å². The number of hydrogen-bond acceptors (Lipinski definition) is 5. The van der Waals surface area contributed by atoms with Crippen LogP contribution in [0.1, 0.15) is 46.3 Å². The van der Waals surface area contributed by atoms with Crippen molar-refractivity contribution in [2.75, 3.05) is 7.11 Å². The number of aryl methyl sites for hydroxylation is 1. The number of nitrogens with one attached hydrogen (secondary N) is 1. The van der Waals surface area contributed by atoms with Gasteiger partial charge in [-0.3, -0.25) is 4.79 Å². The summed E-state index contributed by atoms with van der Waals surface area (Å²) in [6.07, 6.45) is -0.899. The van der Waals surface area contributed by atoms with Gasteiger partial charge >= 0.3 is 6.18 Å². The molecule has 1 aliphatic carbocycles. The summed E-state index contributed by atoms with van der Waals surface area (Å²) in [5, 5.41) is 2.79. The summed E-state index contributed by atoms with van der Waals surface area (Å²) in [5.74, 6) is 0.856. The van der Waals surface area contributed by atoms with Gasteiger partial charge in [0, 0.05) is 29.8 Å². The molecule has 1 N–H and O–H groups in total. The average molecular weight is 417 g/mol. The topological polar surface area (TPSA) is 77.3 Å². The molecule has 4 rings (SSSR count). The first-order chi connectivity index (χ1) is 14.3. The van der Waals surface area contributed by atoms with E-state index in [9.17, 15) is 18.0 Å². The Morgan fingerprint density at radius 1 is 1.27 bits per heavy atom. The molecular formula is C21H18F3N3O3. The number of ether oxygens (including phenoxy) is 1. The maximum atomic E-state index is 12.9. The summed E-state index contributed by atoms with van der Waals surface area (Å²) < 4.78 is 49.8. The number of hydrogen-bond donors (Lipinski definition) is 1. The fourth-order valence-electron chi connectivity index (χ4n) is 3.41. The monoisotopic (exact) mass is 417 g/mol. The molecule has 0 bridgehead atoms. The van der Waals surface area contributed by atoms with E-state index in [-0.39, 0.29) is 5.56 Å². The largest absolute Gasteiger partial charge is 0.481 e. The van der Waals surface area contributed by atoms with Gasteiger partial charge in [0.15, 0.2) is 0 Å². The van der Waals surface area contributed by atoms with Crippen LogP contribution in [0.25, 0.3) is 11.5 Å². The van der Waals surface area contributed by atoms with E-state index < -0.39 is 23.7 Å². The molecule has 0 saturated carbocycles. The number of methoxy groups -OCH3 is 1. The summed E-state index contributed by atoms with van der Waals surface area (Å²) >= 11 is 0. The van der Waals surface area contributed by atoms with Gasteiger partial charge in [-0.15, -0.1) is 0 Å². The molecule has 1 atom stereocenters. The molecule has 0 unspecified atom stereocenters. The maximum absolute atomic E-state index is 12.9. The number of amides is 1. The minimum atomic E-state index is -4.51. The first-order valence-corrected chi connectivity index (χ1v) is 9.33. The van der Waals surface area contributed by atoms with Crippen molar-refractivity contribution in [2.24, 2.45) is 0 Å². The van der Waals surface area contributed by atoms with Gasteiger partial charge in [-0.05, 0) is 37.1 Å². The Labute approximate surface area is 170 Å². The van der Waals surface area contributed by atoms with Crippen LogP contribution < -0.4 is 10.1 Å². The number of alkyl halides is 3. The Bertz CT molecular complexity index is 1080. The number of rotatable bonds is 4. The normalized spacial score (nSPS) is 16.1. The zero-order chi connectivity index (χ0) is 21.3. The van der Waals surface area contributed by atoms with Crippen LogP contribution in [0.3, 0.4) is 0 Å². The van der Waals surface area contributed by atoms with Gasteiger partial charge < -0.3 is 14.5 Å². The third kappa shape index (κ3) is 4.00. The molecule has 0 aliphatic heterocycles. The lowest BCUT2D eigenvalue weighted by Gasteiger charge is -2.21. The number of benzene rings is 1. The predicted molar refractivity (Wildman–Crippen MR) is 101 cm³/mol. The van der Waals surface area contributed by atoms with Crippen molar-refractivity contribution in [1.82, 2.24) is 15.3 Å². The number of oxazole rings is 1. The van der Waals surface area contributed by atoms with E-state index in [1.54, 1.807) is 18.3 Å². The number of nitrogens with zero attached hydrogens (tertiary/aromatic N) is 2. The lowest BCUT2D eigenvalue weighted by Crippen LogP contribution is -2.31. The average Bonchev–Trinajstić information content (AvgIpc) is 3.19. The SMILES string of the molecule is COc1cc(-c2nc3c(o2)CCC[C@@H]3NC(=O)c2cccc(C(F)(F)F)c2)ccn1. The highest BCUT2D eigenvalue weighted by Crippen LogP contribution is 2.34. The quantitative estimate of drug-likeness (QED) is 0.673. The standard InChI is InChI=1S/C21H18F3N3O3/c1-29-17-11-13(8-9-25-17)20-27-18-15(6-3-7-16(18)30-20)26-19(28)12-4-2-5-14(10-12)21(22,23)24/h2,4-5,8-11,15H,3,6-7H2,1H3,(H,26,28)/t15-/m0/s1. The van der Waals surface area contributed by atoms with Crippen LogP contribution in [0, 0.1) is 0 Å². The van der Waals surface area contributed by atoms with Crippen molar-refractivity contribution < 1.29 is 27.1 Å². The van der Waals surface area contributed by atoms with E-state index in [1.165, 1.54) is 19.2 Å². The van der Waals surface area contributed by atoms with Crippen molar-refractivity contribution in [2.45, 2.75) is 31.5 Å². The van der Waals surface area contributed by atoms with Crippen LogP contribution in [-0.2, 0) is 12.6 Å². The van der Waals surface area contributed by atoms with Crippen molar-refractivity contribution in [3.63, 3.8) is 0 Å². The lowest BCUT2D eigenvalue weighted by molar-refractivity contribution is -0.137. The summed E-state index contributed by atoms with van der Waals surface area (Å²) in [4.78, 5) is 21.2. The van der Waals surface area contributed by atoms with Crippen LogP contribution in [0.2, 0.25) is 0 Å². The number of halogens is 3. The smallest absolute Gasteiger partial charge is 0.416 e. The van der Waals surface area contributed by atoms with Gasteiger partial charge in [0.25, 0.3) is 5.91 Å². The highest BCUT2D eigenvalue weighted by atomic mass is 19.4. The highest BCUT2D eigenvalue weighted by molar-refractivity contribution is 5.94. The van der Waals surface area contributed by atoms with Crippen LogP contribution >= 0.6 is 0 Å². The number of fused-ring (bicyclic) bond motifs is 1. The second kappa shape index (κ2) is 7.81. The number of carbonyl (C=O) groups is 1. The minimum absolute atomic E-state index is 0.0560. The number of pyridine rings is 1. The Morgan fingerprint density at radius 2 is 2.10 bits per heavy atom. The molecule has 156 valence electrons. The molecule has 3 aromatic rings. The molecule has 0 fully saturated rings. The van der Waals surface area contributed by atoms with Gasteiger partial charge in [0.2, 0.25) is 11.8 Å². The highest BCUT2D eigenvalue weighted by Gasteiger charge is 2.32. The van der Waals surface area contributed by atoms with E-state index in [1.807, 2.05) is 0 Å². The molecule has 0 saturated heterocycles. The summed E-state index contributed by atoms with van der Waals surface area (Å²) in [6.45, 7) is 0. The van der Waals surface area contributed by atoms with Crippen LogP contribution in [0.5, 0.6) is 5.88 Å². The van der Waals surface area contributed by atoms with Crippen molar-refractivity contribution in [3.05, 3.63) is 65.2 Å². The first kappa shape index (κ1) is 19.9. The Kier molecular flexibility index (Phi) is 5.19. The first-order valence-electron chi connectivity index (χ1n) is 9.33. The fourth-order valence-corrected chi connectivity index (χ4v) is 3.41. The van der Waals surface area contributed by atoms with E-state index in [0.717, 1.165) is 18.6 Å². The van der Waals surface area contributed by atoms with E-state index in [0.29, 0.717) is 41.6 Å². The molecule has 2 heterocycles. The number of aromatic nitrogens is 2. The molecular weight excluding hydrogens is 399 g/mol. The second-order valence-corrected chi connectivity index (χ2v) is 6.91. The summed E-state index contributed by atoms with van der Waals surface area (Å²) in [5.41, 5.74) is 0.348. The van der Waals surface area contributed by atoms with Gasteiger partial charge in [0.1, 0.15) is 11.5 Å². The van der Waals surface area contributed by atoms with Crippen molar-refractivity contribution in [1.29, 1.82) is 0 Å². The Hall–Kier alpha value is -3.36. The fraction of sp³-hybridized carbons (Fsp3) is 0.286. The second-order valence-electron chi connectivity index (χ2n) is 6.91. The van der Waals surface area contributed by atoms with E-state index in [4.69, 9.17) is 9.15 Å². The molecule has 30 heavy (non-hydrogen) atoms. The molecule has 0 radical (unpaired) electrons. The molecule has 2 aromatic heterocycles. The van der Waals surface area contributed by atoms with E-state index >= 15 is 0 Å². The summed E-state index contributed by atoms with van der Waals surface area (Å²) in [7, 11) is 1.51. The van der Waals surface area contributed by atoms with Gasteiger partial charge in [-0.1, -0.05) is 6.07 Å². The van der Waals surface area contributed by atoms with Crippen LogP contribution in [0.4, 0.5) is 13.2 Å². The Balaban J connectivity index is 1.58. The molecule has 1 aliphatic rings. The van der Waals surface area contributed by atoms with Crippen LogP contribution in [-0.4, -0.2) is 23.0 Å². The van der Waals surface area contributed by atoms with Crippen molar-refractivity contribution in [3.8, 4) is 17.3 Å². The molecule has 1 aromatic carbocycles. The van der Waals surface area contributed by atoms with Crippen LogP contribution in [0.15, 0.2) is 47.0 Å². The van der Waals surface area contributed by atoms with Gasteiger partial charge in [-0.2, -0.15) is 13.2 Å². The lowest BCUT2D eigenvalue weighted by atomic mass is 9.96. The third-order valence-electron chi connectivity index (χ3n) is 4.90. The minimum Gasteiger partial charge on any atom is -0.481 e. The number of carbonyl (C=O) groups excluding carboxylic acids is 1. The maximum Gasteiger partial charge on any atom is 0.416 e.